The molecule has 0 fully saturated rings. The van der Waals surface area contributed by atoms with Gasteiger partial charge in [0, 0.05) is 12.6 Å². The fraction of sp³-hybridized carbons (Fsp3) is 0.0952. The van der Waals surface area contributed by atoms with Crippen LogP contribution in [0.4, 0.5) is 0 Å². The van der Waals surface area contributed by atoms with E-state index in [4.69, 9.17) is 5.73 Å². The Morgan fingerprint density at radius 3 is 2.15 bits per heavy atom. The molecule has 3 aromatic rings. The van der Waals surface area contributed by atoms with Gasteiger partial charge in [0.1, 0.15) is 11.7 Å². The molecule has 2 amide bonds. The third-order valence-electron chi connectivity index (χ3n) is 4.05. The van der Waals surface area contributed by atoms with Gasteiger partial charge in [-0.25, -0.2) is 0 Å². The first-order chi connectivity index (χ1) is 12.6. The van der Waals surface area contributed by atoms with Crippen LogP contribution in [-0.2, 0) is 11.2 Å². The molecule has 0 unspecified atom stereocenters. The van der Waals surface area contributed by atoms with Crippen LogP contribution < -0.4 is 11.1 Å². The molecular formula is C21H19N3O2. The van der Waals surface area contributed by atoms with Crippen molar-refractivity contribution in [1.29, 1.82) is 0 Å². The third kappa shape index (κ3) is 4.33. The number of hydrogen-bond acceptors (Lipinski definition) is 3. The van der Waals surface area contributed by atoms with E-state index in [1.54, 1.807) is 18.2 Å². The number of carbonyl (C=O) groups is 2. The minimum Gasteiger partial charge on any atom is -0.368 e. The largest absolute Gasteiger partial charge is 0.368 e. The highest BCUT2D eigenvalue weighted by Crippen LogP contribution is 2.19. The highest BCUT2D eigenvalue weighted by Gasteiger charge is 2.20. The predicted molar refractivity (Wildman–Crippen MR) is 100 cm³/mol. The summed E-state index contributed by atoms with van der Waals surface area (Å²) in [6, 6.07) is 22.1. The molecule has 0 radical (unpaired) electrons. The fourth-order valence-electron chi connectivity index (χ4n) is 2.65. The minimum atomic E-state index is -0.799. The quantitative estimate of drug-likeness (QED) is 0.720. The van der Waals surface area contributed by atoms with E-state index >= 15 is 0 Å². The highest BCUT2D eigenvalue weighted by atomic mass is 16.2. The molecule has 0 saturated carbocycles. The maximum absolute atomic E-state index is 12.2. The standard InChI is InChI=1S/C21H19N3O2/c22-20(25)19(24-21(26)18-8-4-5-13-23-18)14-15-9-11-17(12-10-15)16-6-2-1-3-7-16/h1-13,19H,14H2,(H2,22,25)(H,24,26)/t19-/m1/s1. The van der Waals surface area contributed by atoms with Gasteiger partial charge in [0.05, 0.1) is 0 Å². The number of nitrogens with zero attached hydrogens (tertiary/aromatic N) is 1. The summed E-state index contributed by atoms with van der Waals surface area (Å²) in [5.74, 6) is -1.00. The van der Waals surface area contributed by atoms with E-state index in [1.807, 2.05) is 54.6 Å². The normalized spacial score (nSPS) is 11.5. The molecule has 1 aromatic heterocycles. The number of benzene rings is 2. The Kier molecular flexibility index (Phi) is 5.39. The van der Waals surface area contributed by atoms with E-state index in [2.05, 4.69) is 10.3 Å². The molecule has 3 rings (SSSR count). The van der Waals surface area contributed by atoms with Gasteiger partial charge in [0.2, 0.25) is 5.91 Å². The molecule has 130 valence electrons. The smallest absolute Gasteiger partial charge is 0.270 e. The number of rotatable bonds is 6. The second kappa shape index (κ2) is 8.07. The Bertz CT molecular complexity index is 878. The van der Waals surface area contributed by atoms with Crippen LogP contribution >= 0.6 is 0 Å². The van der Waals surface area contributed by atoms with Crippen LogP contribution in [0.5, 0.6) is 0 Å². The summed E-state index contributed by atoms with van der Waals surface area (Å²) in [6.45, 7) is 0. The van der Waals surface area contributed by atoms with Gasteiger partial charge in [0.25, 0.3) is 5.91 Å². The Labute approximate surface area is 151 Å². The van der Waals surface area contributed by atoms with Crippen molar-refractivity contribution in [3.05, 3.63) is 90.3 Å². The Balaban J connectivity index is 1.70. The average molecular weight is 345 g/mol. The molecule has 0 aliphatic rings. The van der Waals surface area contributed by atoms with E-state index in [1.165, 1.54) is 6.20 Å². The van der Waals surface area contributed by atoms with Crippen molar-refractivity contribution < 1.29 is 9.59 Å². The summed E-state index contributed by atoms with van der Waals surface area (Å²) in [7, 11) is 0. The molecule has 2 aromatic carbocycles. The van der Waals surface area contributed by atoms with E-state index in [0.29, 0.717) is 6.42 Å². The Morgan fingerprint density at radius 2 is 1.54 bits per heavy atom. The molecule has 0 aliphatic carbocycles. The predicted octanol–water partition coefficient (Wildman–Crippen LogP) is 2.58. The lowest BCUT2D eigenvalue weighted by molar-refractivity contribution is -0.119. The Morgan fingerprint density at radius 1 is 0.885 bits per heavy atom. The lowest BCUT2D eigenvalue weighted by Crippen LogP contribution is -2.46. The summed E-state index contributed by atoms with van der Waals surface area (Å²) in [4.78, 5) is 27.9. The van der Waals surface area contributed by atoms with Crippen LogP contribution in [0.15, 0.2) is 79.0 Å². The van der Waals surface area contributed by atoms with Gasteiger partial charge in [-0.2, -0.15) is 0 Å². The van der Waals surface area contributed by atoms with Crippen LogP contribution in [0.2, 0.25) is 0 Å². The lowest BCUT2D eigenvalue weighted by atomic mass is 10.0. The van der Waals surface area contributed by atoms with Crippen molar-refractivity contribution in [2.75, 3.05) is 0 Å². The SMILES string of the molecule is NC(=O)[C@@H](Cc1ccc(-c2ccccc2)cc1)NC(=O)c1ccccn1. The maximum Gasteiger partial charge on any atom is 0.270 e. The van der Waals surface area contributed by atoms with E-state index in [0.717, 1.165) is 16.7 Å². The van der Waals surface area contributed by atoms with Crippen LogP contribution in [0.25, 0.3) is 11.1 Å². The van der Waals surface area contributed by atoms with Crippen LogP contribution in [0, 0.1) is 0 Å². The molecule has 3 N–H and O–H groups in total. The van der Waals surface area contributed by atoms with Gasteiger partial charge in [0.15, 0.2) is 0 Å². The van der Waals surface area contributed by atoms with Crippen molar-refractivity contribution in [1.82, 2.24) is 10.3 Å². The number of amides is 2. The number of nitrogens with two attached hydrogens (primary N) is 1. The fourth-order valence-corrected chi connectivity index (χ4v) is 2.65. The molecule has 0 bridgehead atoms. The maximum atomic E-state index is 12.2. The summed E-state index contributed by atoms with van der Waals surface area (Å²) in [6.07, 6.45) is 1.85. The summed E-state index contributed by atoms with van der Waals surface area (Å²) in [5, 5.41) is 2.65. The minimum absolute atomic E-state index is 0.248. The first kappa shape index (κ1) is 17.4. The van der Waals surface area contributed by atoms with Crippen LogP contribution in [0.3, 0.4) is 0 Å². The monoisotopic (exact) mass is 345 g/mol. The molecular weight excluding hydrogens is 326 g/mol. The molecule has 0 spiro atoms. The van der Waals surface area contributed by atoms with Gasteiger partial charge in [-0.15, -0.1) is 0 Å². The second-order valence-corrected chi connectivity index (χ2v) is 5.91. The number of carbonyl (C=O) groups excluding carboxylic acids is 2. The number of primary amides is 1. The zero-order valence-corrected chi connectivity index (χ0v) is 14.1. The van der Waals surface area contributed by atoms with Crippen molar-refractivity contribution in [2.45, 2.75) is 12.5 Å². The number of pyridine rings is 1. The Hall–Kier alpha value is -3.47. The molecule has 0 aliphatic heterocycles. The number of hydrogen-bond donors (Lipinski definition) is 2. The lowest BCUT2D eigenvalue weighted by Gasteiger charge is -2.15. The van der Waals surface area contributed by atoms with Gasteiger partial charge in [-0.1, -0.05) is 60.7 Å². The summed E-state index contributed by atoms with van der Waals surface area (Å²) < 4.78 is 0. The summed E-state index contributed by atoms with van der Waals surface area (Å²) in [5.41, 5.74) is 8.82. The topological polar surface area (TPSA) is 85.1 Å². The summed E-state index contributed by atoms with van der Waals surface area (Å²) >= 11 is 0. The van der Waals surface area contributed by atoms with Crippen molar-refractivity contribution in [2.24, 2.45) is 5.73 Å². The van der Waals surface area contributed by atoms with Gasteiger partial charge in [-0.3, -0.25) is 14.6 Å². The van der Waals surface area contributed by atoms with Gasteiger partial charge < -0.3 is 11.1 Å². The van der Waals surface area contributed by atoms with E-state index < -0.39 is 17.9 Å². The molecule has 0 saturated heterocycles. The van der Waals surface area contributed by atoms with Crippen LogP contribution in [0.1, 0.15) is 16.1 Å². The van der Waals surface area contributed by atoms with Gasteiger partial charge in [-0.05, 0) is 28.8 Å². The molecule has 26 heavy (non-hydrogen) atoms. The number of nitrogens with one attached hydrogen (secondary N) is 1. The first-order valence-corrected chi connectivity index (χ1v) is 8.29. The average Bonchev–Trinajstić information content (AvgIpc) is 2.69. The molecule has 5 heteroatoms. The van der Waals surface area contributed by atoms with Crippen molar-refractivity contribution >= 4 is 11.8 Å². The van der Waals surface area contributed by atoms with Crippen LogP contribution in [-0.4, -0.2) is 22.8 Å². The molecule has 1 atom stereocenters. The third-order valence-corrected chi connectivity index (χ3v) is 4.05. The van der Waals surface area contributed by atoms with E-state index in [-0.39, 0.29) is 5.69 Å². The molecule has 1 heterocycles. The van der Waals surface area contributed by atoms with Gasteiger partial charge >= 0.3 is 0 Å². The zero-order chi connectivity index (χ0) is 18.4. The zero-order valence-electron chi connectivity index (χ0n) is 14.1. The van der Waals surface area contributed by atoms with Crippen molar-refractivity contribution in [3.8, 4) is 11.1 Å². The van der Waals surface area contributed by atoms with E-state index in [9.17, 15) is 9.59 Å². The highest BCUT2D eigenvalue weighted by molar-refractivity contribution is 5.95. The second-order valence-electron chi connectivity index (χ2n) is 5.91. The molecule has 5 nitrogen and oxygen atoms in total. The number of aromatic nitrogens is 1. The first-order valence-electron chi connectivity index (χ1n) is 8.29. The van der Waals surface area contributed by atoms with Crippen molar-refractivity contribution in [3.63, 3.8) is 0 Å².